The minimum absolute atomic E-state index is 0.00328. The molecule has 2 amide bonds. The van der Waals surface area contributed by atoms with Crippen molar-refractivity contribution >= 4 is 11.8 Å². The Hall–Kier alpha value is -1.40. The van der Waals surface area contributed by atoms with Crippen molar-refractivity contribution in [1.29, 1.82) is 0 Å². The van der Waals surface area contributed by atoms with Crippen molar-refractivity contribution in [1.82, 2.24) is 20.0 Å². The standard InChI is InChI=1S/C18H32N4O2/c1-4-21-11-7-19-18(24)16(21)14-17(23)22-9-5-8-20(12-13-22)10-6-15(2)3/h6,16H,4-5,7-14H2,1-3H3,(H,19,24). The fraction of sp³-hybridized carbons (Fsp3) is 0.778. The summed E-state index contributed by atoms with van der Waals surface area (Å²) in [5, 5.41) is 2.89. The molecule has 2 aliphatic rings. The van der Waals surface area contributed by atoms with Gasteiger partial charge in [0.1, 0.15) is 0 Å². The fourth-order valence-electron chi connectivity index (χ4n) is 3.37. The van der Waals surface area contributed by atoms with Crippen LogP contribution in [0.1, 0.15) is 33.6 Å². The molecule has 2 rings (SSSR count). The Bertz CT molecular complexity index is 474. The van der Waals surface area contributed by atoms with Crippen molar-refractivity contribution in [3.05, 3.63) is 11.6 Å². The van der Waals surface area contributed by atoms with E-state index in [1.807, 2.05) is 11.8 Å². The summed E-state index contributed by atoms with van der Waals surface area (Å²) in [5.41, 5.74) is 1.33. The molecule has 0 aromatic heterocycles. The second-order valence-corrected chi connectivity index (χ2v) is 6.96. The van der Waals surface area contributed by atoms with Gasteiger partial charge in [0.2, 0.25) is 11.8 Å². The minimum atomic E-state index is -0.304. The van der Waals surface area contributed by atoms with Crippen LogP contribution in [-0.4, -0.2) is 84.9 Å². The highest BCUT2D eigenvalue weighted by Gasteiger charge is 2.32. The van der Waals surface area contributed by atoms with Gasteiger partial charge in [0, 0.05) is 45.8 Å². The van der Waals surface area contributed by atoms with E-state index in [4.69, 9.17) is 0 Å². The maximum absolute atomic E-state index is 12.7. The van der Waals surface area contributed by atoms with Gasteiger partial charge in [-0.2, -0.15) is 0 Å². The molecular weight excluding hydrogens is 304 g/mol. The van der Waals surface area contributed by atoms with E-state index < -0.39 is 0 Å². The number of rotatable bonds is 5. The van der Waals surface area contributed by atoms with E-state index in [0.717, 1.165) is 52.2 Å². The van der Waals surface area contributed by atoms with Crippen LogP contribution in [0.4, 0.5) is 0 Å². The van der Waals surface area contributed by atoms with Crippen LogP contribution in [0.3, 0.4) is 0 Å². The van der Waals surface area contributed by atoms with Crippen molar-refractivity contribution in [3.8, 4) is 0 Å². The number of amides is 2. The molecule has 1 atom stereocenters. The van der Waals surface area contributed by atoms with Gasteiger partial charge < -0.3 is 10.2 Å². The summed E-state index contributed by atoms with van der Waals surface area (Å²) in [6, 6.07) is -0.304. The molecule has 0 aromatic rings. The van der Waals surface area contributed by atoms with Crippen LogP contribution in [0.2, 0.25) is 0 Å². The molecule has 0 aromatic carbocycles. The molecule has 1 unspecified atom stereocenters. The first-order valence-electron chi connectivity index (χ1n) is 9.16. The van der Waals surface area contributed by atoms with Crippen LogP contribution in [0, 0.1) is 0 Å². The molecule has 0 aliphatic carbocycles. The van der Waals surface area contributed by atoms with E-state index in [9.17, 15) is 9.59 Å². The number of carbonyl (C=O) groups excluding carboxylic acids is 2. The molecule has 0 radical (unpaired) electrons. The van der Waals surface area contributed by atoms with Gasteiger partial charge >= 0.3 is 0 Å². The quantitative estimate of drug-likeness (QED) is 0.751. The molecule has 6 nitrogen and oxygen atoms in total. The smallest absolute Gasteiger partial charge is 0.237 e. The normalized spacial score (nSPS) is 23.5. The van der Waals surface area contributed by atoms with Crippen molar-refractivity contribution in [2.75, 3.05) is 52.4 Å². The van der Waals surface area contributed by atoms with Gasteiger partial charge in [-0.15, -0.1) is 0 Å². The van der Waals surface area contributed by atoms with E-state index in [1.165, 1.54) is 5.57 Å². The largest absolute Gasteiger partial charge is 0.353 e. The zero-order valence-corrected chi connectivity index (χ0v) is 15.4. The fourth-order valence-corrected chi connectivity index (χ4v) is 3.37. The van der Waals surface area contributed by atoms with Crippen molar-refractivity contribution < 1.29 is 9.59 Å². The minimum Gasteiger partial charge on any atom is -0.353 e. The molecule has 2 saturated heterocycles. The van der Waals surface area contributed by atoms with Gasteiger partial charge in [0.15, 0.2) is 0 Å². The zero-order valence-electron chi connectivity index (χ0n) is 15.4. The number of likely N-dealkylation sites (N-methyl/N-ethyl adjacent to an activating group) is 1. The highest BCUT2D eigenvalue weighted by atomic mass is 16.2. The SMILES string of the molecule is CCN1CCNC(=O)C1CC(=O)N1CCCN(CC=C(C)C)CC1. The number of hydrogen-bond donors (Lipinski definition) is 1. The van der Waals surface area contributed by atoms with Gasteiger partial charge in [-0.05, 0) is 26.8 Å². The first-order chi connectivity index (χ1) is 11.5. The summed E-state index contributed by atoms with van der Waals surface area (Å²) in [6.45, 7) is 13.0. The topological polar surface area (TPSA) is 55.9 Å². The van der Waals surface area contributed by atoms with Gasteiger partial charge in [-0.3, -0.25) is 19.4 Å². The Morgan fingerprint density at radius 3 is 2.71 bits per heavy atom. The molecule has 0 bridgehead atoms. The van der Waals surface area contributed by atoms with Gasteiger partial charge in [-0.25, -0.2) is 0 Å². The average molecular weight is 336 g/mol. The molecule has 136 valence electrons. The van der Waals surface area contributed by atoms with E-state index in [0.29, 0.717) is 13.0 Å². The van der Waals surface area contributed by atoms with E-state index in [-0.39, 0.29) is 17.9 Å². The Morgan fingerprint density at radius 1 is 1.21 bits per heavy atom. The maximum atomic E-state index is 12.7. The highest BCUT2D eigenvalue weighted by Crippen LogP contribution is 2.12. The lowest BCUT2D eigenvalue weighted by Gasteiger charge is -2.34. The van der Waals surface area contributed by atoms with Crippen LogP contribution < -0.4 is 5.32 Å². The number of allylic oxidation sites excluding steroid dienone is 1. The van der Waals surface area contributed by atoms with Gasteiger partial charge in [-0.1, -0.05) is 18.6 Å². The molecule has 2 fully saturated rings. The number of carbonyl (C=O) groups is 2. The Labute approximate surface area is 145 Å². The second kappa shape index (κ2) is 9.18. The first-order valence-corrected chi connectivity index (χ1v) is 9.16. The Balaban J connectivity index is 1.88. The predicted octanol–water partition coefficient (Wildman–Crippen LogP) is 0.697. The summed E-state index contributed by atoms with van der Waals surface area (Å²) in [4.78, 5) is 31.2. The predicted molar refractivity (Wildman–Crippen MR) is 95.7 cm³/mol. The second-order valence-electron chi connectivity index (χ2n) is 6.96. The molecule has 0 saturated carbocycles. The van der Waals surface area contributed by atoms with E-state index in [1.54, 1.807) is 0 Å². The lowest BCUT2D eigenvalue weighted by atomic mass is 10.1. The summed E-state index contributed by atoms with van der Waals surface area (Å²) in [7, 11) is 0. The van der Waals surface area contributed by atoms with Crippen LogP contribution in [-0.2, 0) is 9.59 Å². The molecular formula is C18H32N4O2. The van der Waals surface area contributed by atoms with Crippen LogP contribution in [0.5, 0.6) is 0 Å². The van der Waals surface area contributed by atoms with Crippen molar-refractivity contribution in [3.63, 3.8) is 0 Å². The average Bonchev–Trinajstić information content (AvgIpc) is 2.80. The number of hydrogen-bond acceptors (Lipinski definition) is 4. The maximum Gasteiger partial charge on any atom is 0.237 e. The number of nitrogens with one attached hydrogen (secondary N) is 1. The number of piperazine rings is 1. The Morgan fingerprint density at radius 2 is 2.00 bits per heavy atom. The third-order valence-corrected chi connectivity index (χ3v) is 4.91. The van der Waals surface area contributed by atoms with Crippen molar-refractivity contribution in [2.24, 2.45) is 0 Å². The Kier molecular flexibility index (Phi) is 7.24. The highest BCUT2D eigenvalue weighted by molar-refractivity contribution is 5.88. The third-order valence-electron chi connectivity index (χ3n) is 4.91. The first kappa shape index (κ1) is 18.9. The molecule has 24 heavy (non-hydrogen) atoms. The summed E-state index contributed by atoms with van der Waals surface area (Å²) in [5.74, 6) is 0.107. The molecule has 2 heterocycles. The van der Waals surface area contributed by atoms with Crippen LogP contribution in [0.25, 0.3) is 0 Å². The summed E-state index contributed by atoms with van der Waals surface area (Å²) >= 11 is 0. The van der Waals surface area contributed by atoms with E-state index in [2.05, 4.69) is 35.0 Å². The summed E-state index contributed by atoms with van der Waals surface area (Å²) < 4.78 is 0. The third kappa shape index (κ3) is 5.31. The zero-order chi connectivity index (χ0) is 17.5. The van der Waals surface area contributed by atoms with Crippen LogP contribution in [0.15, 0.2) is 11.6 Å². The monoisotopic (exact) mass is 336 g/mol. The van der Waals surface area contributed by atoms with Gasteiger partial charge in [0.05, 0.1) is 12.5 Å². The number of nitrogens with zero attached hydrogens (tertiary/aromatic N) is 3. The molecule has 2 aliphatic heterocycles. The van der Waals surface area contributed by atoms with Crippen LogP contribution >= 0.6 is 0 Å². The van der Waals surface area contributed by atoms with E-state index >= 15 is 0 Å². The lowest BCUT2D eigenvalue weighted by Crippen LogP contribution is -2.56. The summed E-state index contributed by atoms with van der Waals surface area (Å²) in [6.07, 6.45) is 3.54. The lowest BCUT2D eigenvalue weighted by molar-refractivity contribution is -0.138. The van der Waals surface area contributed by atoms with Gasteiger partial charge in [0.25, 0.3) is 0 Å². The molecule has 6 heteroatoms. The molecule has 1 N–H and O–H groups in total. The van der Waals surface area contributed by atoms with Crippen molar-refractivity contribution in [2.45, 2.75) is 39.7 Å². The molecule has 0 spiro atoms.